The molecule has 1 aliphatic heterocycles. The third-order valence-corrected chi connectivity index (χ3v) is 5.26. The van der Waals surface area contributed by atoms with E-state index in [-0.39, 0.29) is 11.9 Å². The molecule has 1 aromatic rings. The lowest BCUT2D eigenvalue weighted by molar-refractivity contribution is -0.129. The molecule has 2 N–H and O–H groups in total. The fraction of sp³-hybridized carbons (Fsp3) is 0.650. The van der Waals surface area contributed by atoms with Crippen LogP contribution in [0.1, 0.15) is 51.0 Å². The van der Waals surface area contributed by atoms with E-state index < -0.39 is 0 Å². The van der Waals surface area contributed by atoms with Gasteiger partial charge in [0.2, 0.25) is 11.8 Å². The molecule has 7 heteroatoms. The number of guanidine groups is 1. The molecule has 0 spiro atoms. The third kappa shape index (κ3) is 5.58. The molecule has 2 fully saturated rings. The first kappa shape index (κ1) is 19.5. The Labute approximate surface area is 161 Å². The van der Waals surface area contributed by atoms with Crippen LogP contribution in [0.15, 0.2) is 23.3 Å². The van der Waals surface area contributed by atoms with Gasteiger partial charge < -0.3 is 20.3 Å². The maximum Gasteiger partial charge on any atom is 0.222 e. The predicted molar refractivity (Wildman–Crippen MR) is 106 cm³/mol. The highest BCUT2D eigenvalue weighted by Crippen LogP contribution is 2.22. The first-order valence-corrected chi connectivity index (χ1v) is 10.0. The van der Waals surface area contributed by atoms with Crippen LogP contribution < -0.4 is 15.4 Å². The van der Waals surface area contributed by atoms with E-state index in [2.05, 4.69) is 20.6 Å². The number of carbonyl (C=O) groups is 1. The Balaban J connectivity index is 1.43. The monoisotopic (exact) mass is 373 g/mol. The van der Waals surface area contributed by atoms with E-state index in [4.69, 9.17) is 4.74 Å². The predicted octanol–water partition coefficient (Wildman–Crippen LogP) is 2.08. The molecule has 1 aliphatic carbocycles. The Kier molecular flexibility index (Phi) is 6.90. The fourth-order valence-corrected chi connectivity index (χ4v) is 3.66. The zero-order chi connectivity index (χ0) is 19.1. The zero-order valence-corrected chi connectivity index (χ0v) is 16.4. The summed E-state index contributed by atoms with van der Waals surface area (Å²) >= 11 is 0. The van der Waals surface area contributed by atoms with Gasteiger partial charge in [-0.05, 0) is 37.7 Å². The molecule has 27 heavy (non-hydrogen) atoms. The smallest absolute Gasteiger partial charge is 0.222 e. The van der Waals surface area contributed by atoms with Gasteiger partial charge in [-0.2, -0.15) is 0 Å². The SMILES string of the molecule is CCC(=O)N1CCC(NC(=NC)NCc2ccc(OC3CCCC3)nc2)C1. The molecular weight excluding hydrogens is 342 g/mol. The number of aromatic nitrogens is 1. The third-order valence-electron chi connectivity index (χ3n) is 5.26. The highest BCUT2D eigenvalue weighted by atomic mass is 16.5. The maximum atomic E-state index is 11.8. The topological polar surface area (TPSA) is 78.9 Å². The van der Waals surface area contributed by atoms with E-state index in [9.17, 15) is 4.79 Å². The number of nitrogens with zero attached hydrogens (tertiary/aromatic N) is 3. The molecule has 1 unspecified atom stereocenters. The first-order chi connectivity index (χ1) is 13.2. The standard InChI is InChI=1S/C20H31N5O2/c1-3-19(26)25-11-10-16(14-25)24-20(21-2)23-13-15-8-9-18(22-12-15)27-17-6-4-5-7-17/h8-9,12,16-17H,3-7,10-11,13-14H2,1-2H3,(H2,21,23,24). The largest absolute Gasteiger partial charge is 0.474 e. The van der Waals surface area contributed by atoms with Crippen LogP contribution >= 0.6 is 0 Å². The number of pyridine rings is 1. The Morgan fingerprint density at radius 2 is 2.15 bits per heavy atom. The van der Waals surface area contributed by atoms with Crippen molar-refractivity contribution < 1.29 is 9.53 Å². The number of likely N-dealkylation sites (tertiary alicyclic amines) is 1. The van der Waals surface area contributed by atoms with Gasteiger partial charge in [-0.15, -0.1) is 0 Å². The zero-order valence-electron chi connectivity index (χ0n) is 16.4. The summed E-state index contributed by atoms with van der Waals surface area (Å²) in [6.45, 7) is 4.10. The van der Waals surface area contributed by atoms with Crippen molar-refractivity contribution in [2.24, 2.45) is 4.99 Å². The van der Waals surface area contributed by atoms with Crippen LogP contribution in [0, 0.1) is 0 Å². The molecular formula is C20H31N5O2. The molecule has 2 heterocycles. The number of ether oxygens (including phenoxy) is 1. The highest BCUT2D eigenvalue weighted by Gasteiger charge is 2.25. The minimum atomic E-state index is 0.216. The minimum absolute atomic E-state index is 0.216. The van der Waals surface area contributed by atoms with Crippen molar-refractivity contribution in [1.29, 1.82) is 0 Å². The molecule has 0 radical (unpaired) electrons. The number of rotatable bonds is 6. The summed E-state index contributed by atoms with van der Waals surface area (Å²) in [5.41, 5.74) is 1.07. The second-order valence-electron chi connectivity index (χ2n) is 7.28. The summed E-state index contributed by atoms with van der Waals surface area (Å²) in [6.07, 6.45) is 8.46. The molecule has 1 aromatic heterocycles. The molecule has 1 saturated carbocycles. The molecule has 3 rings (SSSR count). The van der Waals surface area contributed by atoms with Crippen LogP contribution in [0.3, 0.4) is 0 Å². The molecule has 2 aliphatic rings. The number of hydrogen-bond acceptors (Lipinski definition) is 4. The van der Waals surface area contributed by atoms with Crippen LogP contribution in [-0.4, -0.2) is 54.0 Å². The Bertz CT molecular complexity index is 640. The van der Waals surface area contributed by atoms with Crippen molar-refractivity contribution in [3.8, 4) is 5.88 Å². The number of nitrogens with one attached hydrogen (secondary N) is 2. The quantitative estimate of drug-likeness (QED) is 0.590. The molecule has 1 atom stereocenters. The van der Waals surface area contributed by atoms with Gasteiger partial charge in [-0.1, -0.05) is 13.0 Å². The van der Waals surface area contributed by atoms with E-state index >= 15 is 0 Å². The van der Waals surface area contributed by atoms with Crippen LogP contribution in [-0.2, 0) is 11.3 Å². The Morgan fingerprint density at radius 3 is 2.81 bits per heavy atom. The highest BCUT2D eigenvalue weighted by molar-refractivity contribution is 5.80. The van der Waals surface area contributed by atoms with Gasteiger partial charge in [-0.25, -0.2) is 4.98 Å². The van der Waals surface area contributed by atoms with Gasteiger partial charge in [0.25, 0.3) is 0 Å². The lowest BCUT2D eigenvalue weighted by Gasteiger charge is -2.19. The van der Waals surface area contributed by atoms with Crippen LogP contribution in [0.25, 0.3) is 0 Å². The van der Waals surface area contributed by atoms with Gasteiger partial charge in [0.05, 0.1) is 0 Å². The summed E-state index contributed by atoms with van der Waals surface area (Å²) in [6, 6.07) is 4.22. The van der Waals surface area contributed by atoms with Gasteiger partial charge in [0, 0.05) is 51.4 Å². The summed E-state index contributed by atoms with van der Waals surface area (Å²) in [4.78, 5) is 22.4. The Morgan fingerprint density at radius 1 is 1.33 bits per heavy atom. The van der Waals surface area contributed by atoms with E-state index in [1.165, 1.54) is 12.8 Å². The van der Waals surface area contributed by atoms with Crippen LogP contribution in [0.4, 0.5) is 0 Å². The Hall–Kier alpha value is -2.31. The molecule has 1 saturated heterocycles. The van der Waals surface area contributed by atoms with Gasteiger partial charge in [0.1, 0.15) is 6.10 Å². The average molecular weight is 374 g/mol. The van der Waals surface area contributed by atoms with Gasteiger partial charge in [0.15, 0.2) is 5.96 Å². The number of amides is 1. The lowest BCUT2D eigenvalue weighted by Crippen LogP contribution is -2.44. The lowest BCUT2D eigenvalue weighted by atomic mass is 10.2. The number of carbonyl (C=O) groups excluding carboxylic acids is 1. The van der Waals surface area contributed by atoms with Crippen molar-refractivity contribution in [1.82, 2.24) is 20.5 Å². The number of hydrogen-bond donors (Lipinski definition) is 2. The summed E-state index contributed by atoms with van der Waals surface area (Å²) in [5.74, 6) is 1.67. The van der Waals surface area contributed by atoms with E-state index in [1.54, 1.807) is 7.05 Å². The van der Waals surface area contributed by atoms with Crippen molar-refractivity contribution in [3.05, 3.63) is 23.9 Å². The van der Waals surface area contributed by atoms with E-state index in [0.29, 0.717) is 24.9 Å². The average Bonchev–Trinajstić information content (AvgIpc) is 3.37. The van der Waals surface area contributed by atoms with Crippen molar-refractivity contribution in [2.45, 2.75) is 64.1 Å². The van der Waals surface area contributed by atoms with Crippen molar-refractivity contribution >= 4 is 11.9 Å². The second kappa shape index (κ2) is 9.58. The van der Waals surface area contributed by atoms with E-state index in [0.717, 1.165) is 43.9 Å². The fourth-order valence-electron chi connectivity index (χ4n) is 3.66. The molecule has 0 bridgehead atoms. The minimum Gasteiger partial charge on any atom is -0.474 e. The molecule has 148 valence electrons. The van der Waals surface area contributed by atoms with Gasteiger partial charge >= 0.3 is 0 Å². The number of aliphatic imine (C=N–C) groups is 1. The van der Waals surface area contributed by atoms with Gasteiger partial charge in [-0.3, -0.25) is 9.79 Å². The van der Waals surface area contributed by atoms with E-state index in [1.807, 2.05) is 30.2 Å². The van der Waals surface area contributed by atoms with Crippen molar-refractivity contribution in [3.63, 3.8) is 0 Å². The first-order valence-electron chi connectivity index (χ1n) is 10.0. The second-order valence-corrected chi connectivity index (χ2v) is 7.28. The van der Waals surface area contributed by atoms with Crippen LogP contribution in [0.5, 0.6) is 5.88 Å². The summed E-state index contributed by atoms with van der Waals surface area (Å²) in [7, 11) is 1.76. The maximum absolute atomic E-state index is 11.8. The van der Waals surface area contributed by atoms with Crippen molar-refractivity contribution in [2.75, 3.05) is 20.1 Å². The van der Waals surface area contributed by atoms with Crippen LogP contribution in [0.2, 0.25) is 0 Å². The summed E-state index contributed by atoms with van der Waals surface area (Å²) < 4.78 is 5.90. The summed E-state index contributed by atoms with van der Waals surface area (Å²) in [5, 5.41) is 6.72. The normalized spacial score (nSPS) is 20.7. The molecule has 0 aromatic carbocycles. The molecule has 7 nitrogen and oxygen atoms in total. The molecule has 1 amide bonds.